The van der Waals surface area contributed by atoms with Crippen molar-refractivity contribution in [2.75, 3.05) is 11.9 Å². The van der Waals surface area contributed by atoms with Crippen LogP contribution < -0.4 is 5.32 Å². The third kappa shape index (κ3) is 2.82. The summed E-state index contributed by atoms with van der Waals surface area (Å²) in [7, 11) is 0. The molecule has 0 aliphatic carbocycles. The number of thiophene rings is 1. The molecule has 0 unspecified atom stereocenters. The van der Waals surface area contributed by atoms with E-state index in [-0.39, 0.29) is 0 Å². The number of aromatic nitrogens is 4. The predicted octanol–water partition coefficient (Wildman–Crippen LogP) is 2.82. The van der Waals surface area contributed by atoms with Crippen molar-refractivity contribution in [3.8, 4) is 11.4 Å². The first-order chi connectivity index (χ1) is 10.6. The average molecular weight is 317 g/mol. The quantitative estimate of drug-likeness (QED) is 0.731. The SMILES string of the molecule is CCC(O)(CC)CNc1ccc2nnc(-c3ccsc3)n2n1. The van der Waals surface area contributed by atoms with Crippen molar-refractivity contribution in [1.82, 2.24) is 19.8 Å². The van der Waals surface area contributed by atoms with Crippen LogP contribution in [0.3, 0.4) is 0 Å². The Hall–Kier alpha value is -1.99. The minimum Gasteiger partial charge on any atom is -0.388 e. The molecule has 0 bridgehead atoms. The molecule has 0 saturated heterocycles. The van der Waals surface area contributed by atoms with Gasteiger partial charge in [-0.2, -0.15) is 15.9 Å². The largest absolute Gasteiger partial charge is 0.388 e. The van der Waals surface area contributed by atoms with Crippen LogP contribution in [0, 0.1) is 0 Å². The first-order valence-electron chi connectivity index (χ1n) is 7.36. The molecule has 0 aromatic carbocycles. The summed E-state index contributed by atoms with van der Waals surface area (Å²) in [4.78, 5) is 0. The van der Waals surface area contributed by atoms with Gasteiger partial charge < -0.3 is 10.4 Å². The fraction of sp³-hybridized carbons (Fsp3) is 0.400. The summed E-state index contributed by atoms with van der Waals surface area (Å²) < 4.78 is 1.72. The van der Waals surface area contributed by atoms with Crippen LogP contribution in [0.15, 0.2) is 29.0 Å². The molecule has 0 aliphatic rings. The maximum absolute atomic E-state index is 10.3. The first kappa shape index (κ1) is 14.9. The Bertz CT molecular complexity index is 748. The Labute approximate surface area is 132 Å². The minimum absolute atomic E-state index is 0.467. The van der Waals surface area contributed by atoms with E-state index in [9.17, 15) is 5.11 Å². The van der Waals surface area contributed by atoms with E-state index >= 15 is 0 Å². The Balaban J connectivity index is 1.88. The maximum Gasteiger partial charge on any atom is 0.186 e. The third-order valence-corrected chi connectivity index (χ3v) is 4.64. The molecule has 0 saturated carbocycles. The Morgan fingerprint density at radius 3 is 2.73 bits per heavy atom. The topological polar surface area (TPSA) is 75.3 Å². The molecule has 3 heterocycles. The van der Waals surface area contributed by atoms with Gasteiger partial charge in [-0.25, -0.2) is 0 Å². The number of rotatable bonds is 6. The monoisotopic (exact) mass is 317 g/mol. The Kier molecular flexibility index (Phi) is 4.08. The number of anilines is 1. The molecule has 0 amide bonds. The highest BCUT2D eigenvalue weighted by atomic mass is 32.1. The molecular formula is C15H19N5OS. The van der Waals surface area contributed by atoms with E-state index in [0.29, 0.717) is 30.9 Å². The van der Waals surface area contributed by atoms with E-state index < -0.39 is 5.60 Å². The van der Waals surface area contributed by atoms with Crippen molar-refractivity contribution >= 4 is 22.8 Å². The zero-order valence-electron chi connectivity index (χ0n) is 12.7. The molecule has 6 nitrogen and oxygen atoms in total. The Morgan fingerprint density at radius 1 is 1.23 bits per heavy atom. The van der Waals surface area contributed by atoms with Gasteiger partial charge in [0.05, 0.1) is 5.60 Å². The van der Waals surface area contributed by atoms with Crippen LogP contribution in [0.25, 0.3) is 17.0 Å². The number of fused-ring (bicyclic) bond motifs is 1. The lowest BCUT2D eigenvalue weighted by Gasteiger charge is -2.25. The minimum atomic E-state index is -0.708. The van der Waals surface area contributed by atoms with Crippen molar-refractivity contribution in [2.45, 2.75) is 32.3 Å². The number of hydrogen-bond acceptors (Lipinski definition) is 6. The van der Waals surface area contributed by atoms with Gasteiger partial charge in [0.25, 0.3) is 0 Å². The van der Waals surface area contributed by atoms with E-state index in [1.807, 2.05) is 42.8 Å². The Morgan fingerprint density at radius 2 is 2.05 bits per heavy atom. The van der Waals surface area contributed by atoms with Crippen LogP contribution in [0.1, 0.15) is 26.7 Å². The lowest BCUT2D eigenvalue weighted by atomic mass is 9.98. The van der Waals surface area contributed by atoms with Crippen LogP contribution >= 0.6 is 11.3 Å². The van der Waals surface area contributed by atoms with E-state index in [4.69, 9.17) is 0 Å². The van der Waals surface area contributed by atoms with Gasteiger partial charge in [0, 0.05) is 17.5 Å². The zero-order chi connectivity index (χ0) is 15.6. The molecule has 0 radical (unpaired) electrons. The smallest absolute Gasteiger partial charge is 0.186 e. The molecule has 0 fully saturated rings. The van der Waals surface area contributed by atoms with E-state index in [2.05, 4.69) is 20.6 Å². The van der Waals surface area contributed by atoms with Crippen molar-refractivity contribution in [1.29, 1.82) is 0 Å². The van der Waals surface area contributed by atoms with E-state index in [1.54, 1.807) is 15.9 Å². The highest BCUT2D eigenvalue weighted by molar-refractivity contribution is 7.08. The van der Waals surface area contributed by atoms with Crippen LogP contribution in [0.5, 0.6) is 0 Å². The van der Waals surface area contributed by atoms with Gasteiger partial charge in [-0.15, -0.1) is 15.3 Å². The summed E-state index contributed by atoms with van der Waals surface area (Å²) >= 11 is 1.61. The molecule has 3 aromatic heterocycles. The number of hydrogen-bond donors (Lipinski definition) is 2. The molecule has 3 rings (SSSR count). The zero-order valence-corrected chi connectivity index (χ0v) is 13.5. The van der Waals surface area contributed by atoms with Crippen LogP contribution in [0.2, 0.25) is 0 Å². The van der Waals surface area contributed by atoms with Crippen molar-refractivity contribution in [3.63, 3.8) is 0 Å². The highest BCUT2D eigenvalue weighted by Gasteiger charge is 2.22. The second-order valence-electron chi connectivity index (χ2n) is 5.31. The standard InChI is InChI=1S/C15H19N5OS/c1-3-15(21,4-2)10-16-12-5-6-13-17-18-14(20(13)19-12)11-7-8-22-9-11/h5-9,21H,3-4,10H2,1-2H3,(H,16,19). The van der Waals surface area contributed by atoms with Gasteiger partial charge >= 0.3 is 0 Å². The van der Waals surface area contributed by atoms with Gasteiger partial charge in [0.15, 0.2) is 11.5 Å². The molecule has 3 aromatic rings. The average Bonchev–Trinajstić information content (AvgIpc) is 3.21. The summed E-state index contributed by atoms with van der Waals surface area (Å²) in [5.74, 6) is 1.42. The first-order valence-corrected chi connectivity index (χ1v) is 8.31. The van der Waals surface area contributed by atoms with Gasteiger partial charge in [-0.05, 0) is 36.4 Å². The molecule has 2 N–H and O–H groups in total. The van der Waals surface area contributed by atoms with Crippen LogP contribution in [-0.4, -0.2) is 37.1 Å². The van der Waals surface area contributed by atoms with Crippen molar-refractivity contribution in [3.05, 3.63) is 29.0 Å². The summed E-state index contributed by atoms with van der Waals surface area (Å²) in [6, 6.07) is 5.72. The molecule has 0 spiro atoms. The summed E-state index contributed by atoms with van der Waals surface area (Å²) in [6.07, 6.45) is 1.40. The normalized spacial score (nSPS) is 12.0. The predicted molar refractivity (Wildman–Crippen MR) is 88.1 cm³/mol. The number of nitrogens with zero attached hydrogens (tertiary/aromatic N) is 4. The second kappa shape index (κ2) is 6.02. The highest BCUT2D eigenvalue weighted by Crippen LogP contribution is 2.21. The van der Waals surface area contributed by atoms with Gasteiger partial charge in [0.1, 0.15) is 5.82 Å². The second-order valence-corrected chi connectivity index (χ2v) is 6.09. The van der Waals surface area contributed by atoms with Crippen LogP contribution in [0.4, 0.5) is 5.82 Å². The lowest BCUT2D eigenvalue weighted by molar-refractivity contribution is 0.0456. The molecule has 7 heteroatoms. The third-order valence-electron chi connectivity index (χ3n) is 3.96. The molecular weight excluding hydrogens is 298 g/mol. The lowest BCUT2D eigenvalue weighted by Crippen LogP contribution is -2.35. The van der Waals surface area contributed by atoms with Crippen molar-refractivity contribution in [2.24, 2.45) is 0 Å². The van der Waals surface area contributed by atoms with E-state index in [1.165, 1.54) is 0 Å². The van der Waals surface area contributed by atoms with Gasteiger partial charge in [-0.1, -0.05) is 13.8 Å². The molecule has 116 valence electrons. The summed E-state index contributed by atoms with van der Waals surface area (Å²) in [6.45, 7) is 4.43. The van der Waals surface area contributed by atoms with Crippen LogP contribution in [-0.2, 0) is 0 Å². The number of nitrogens with one attached hydrogen (secondary N) is 1. The summed E-state index contributed by atoms with van der Waals surface area (Å²) in [5, 5.41) is 30.4. The maximum atomic E-state index is 10.3. The van der Waals surface area contributed by atoms with Gasteiger partial charge in [-0.3, -0.25) is 0 Å². The number of aliphatic hydroxyl groups is 1. The summed E-state index contributed by atoms with van der Waals surface area (Å²) in [5.41, 5.74) is 0.994. The van der Waals surface area contributed by atoms with E-state index in [0.717, 1.165) is 11.4 Å². The van der Waals surface area contributed by atoms with Crippen molar-refractivity contribution < 1.29 is 5.11 Å². The molecule has 0 aliphatic heterocycles. The van der Waals surface area contributed by atoms with Gasteiger partial charge in [0.2, 0.25) is 0 Å². The molecule has 0 atom stereocenters. The fourth-order valence-electron chi connectivity index (χ4n) is 2.21. The fourth-order valence-corrected chi connectivity index (χ4v) is 2.84. The molecule has 22 heavy (non-hydrogen) atoms.